The molecule has 0 aliphatic heterocycles. The number of aromatic amines is 1. The Hall–Kier alpha value is -2.16. The number of aromatic nitrogens is 2. The molecule has 78 valence electrons. The van der Waals surface area contributed by atoms with Gasteiger partial charge in [-0.05, 0) is 13.0 Å². The first kappa shape index (κ1) is 9.09. The van der Waals surface area contributed by atoms with Crippen molar-refractivity contribution in [3.8, 4) is 0 Å². The summed E-state index contributed by atoms with van der Waals surface area (Å²) in [6.07, 6.45) is 3.51. The molecule has 1 aromatic carbocycles. The van der Waals surface area contributed by atoms with Crippen LogP contribution in [0.3, 0.4) is 0 Å². The molecule has 16 heavy (non-hydrogen) atoms. The number of benzene rings is 1. The average Bonchev–Trinajstić information content (AvgIpc) is 2.73. The van der Waals surface area contributed by atoms with E-state index in [2.05, 4.69) is 9.97 Å². The van der Waals surface area contributed by atoms with Gasteiger partial charge >= 0.3 is 0 Å². The van der Waals surface area contributed by atoms with Crippen LogP contribution in [-0.4, -0.2) is 15.8 Å². The molecule has 0 fully saturated rings. The van der Waals surface area contributed by atoms with E-state index in [4.69, 9.17) is 0 Å². The lowest BCUT2D eigenvalue weighted by Gasteiger charge is -1.99. The number of hydrogen-bond donors (Lipinski definition) is 1. The molecule has 0 unspecified atom stereocenters. The Bertz CT molecular complexity index is 697. The van der Waals surface area contributed by atoms with E-state index < -0.39 is 0 Å². The van der Waals surface area contributed by atoms with Gasteiger partial charge in [0.05, 0.1) is 11.0 Å². The summed E-state index contributed by atoms with van der Waals surface area (Å²) in [5.41, 5.74) is 2.53. The highest BCUT2D eigenvalue weighted by Gasteiger charge is 2.10. The second-order valence-electron chi connectivity index (χ2n) is 3.82. The second-order valence-corrected chi connectivity index (χ2v) is 3.82. The molecule has 0 aliphatic carbocycles. The zero-order chi connectivity index (χ0) is 11.1. The minimum atomic E-state index is 0.0535. The molecule has 3 rings (SSSR count). The molecule has 0 aliphatic rings. The van der Waals surface area contributed by atoms with E-state index in [0.29, 0.717) is 5.56 Å². The minimum Gasteiger partial charge on any atom is -0.359 e. The van der Waals surface area contributed by atoms with E-state index >= 15 is 0 Å². The predicted octanol–water partition coefficient (Wildman–Crippen LogP) is 2.92. The SMILES string of the molecule is CC(=O)c1cnc2c1ccc1ccc[nH]c12. The number of fused-ring (bicyclic) bond motifs is 3. The summed E-state index contributed by atoms with van der Waals surface area (Å²) in [5.74, 6) is 0.0535. The van der Waals surface area contributed by atoms with Crippen molar-refractivity contribution in [2.75, 3.05) is 0 Å². The molecule has 0 atom stereocenters. The van der Waals surface area contributed by atoms with Crippen molar-refractivity contribution in [2.24, 2.45) is 0 Å². The maximum absolute atomic E-state index is 11.4. The minimum absolute atomic E-state index is 0.0535. The Morgan fingerprint density at radius 3 is 3.00 bits per heavy atom. The summed E-state index contributed by atoms with van der Waals surface area (Å²) >= 11 is 0. The van der Waals surface area contributed by atoms with Crippen LogP contribution < -0.4 is 0 Å². The fraction of sp³-hybridized carbons (Fsp3) is 0.0769. The average molecular weight is 210 g/mol. The number of Topliss-reactive ketones (excluding diaryl/α,β-unsaturated/α-hetero) is 1. The Labute approximate surface area is 92.1 Å². The van der Waals surface area contributed by atoms with Crippen LogP contribution in [0.1, 0.15) is 17.3 Å². The maximum atomic E-state index is 11.4. The quantitative estimate of drug-likeness (QED) is 0.627. The van der Waals surface area contributed by atoms with Crippen LogP contribution in [0, 0.1) is 0 Å². The number of hydrogen-bond acceptors (Lipinski definition) is 2. The smallest absolute Gasteiger partial charge is 0.162 e. The van der Waals surface area contributed by atoms with Crippen LogP contribution in [-0.2, 0) is 0 Å². The summed E-state index contributed by atoms with van der Waals surface area (Å²) in [6.45, 7) is 1.56. The van der Waals surface area contributed by atoms with Crippen molar-refractivity contribution in [3.05, 3.63) is 42.2 Å². The predicted molar refractivity (Wildman–Crippen MR) is 63.6 cm³/mol. The van der Waals surface area contributed by atoms with Gasteiger partial charge in [-0.25, -0.2) is 0 Å². The number of H-pyrrole nitrogens is 1. The highest BCUT2D eigenvalue weighted by atomic mass is 16.1. The molecular weight excluding hydrogens is 200 g/mol. The largest absolute Gasteiger partial charge is 0.359 e. The molecule has 3 aromatic rings. The maximum Gasteiger partial charge on any atom is 0.162 e. The van der Waals surface area contributed by atoms with Crippen LogP contribution in [0.25, 0.3) is 21.8 Å². The molecule has 0 radical (unpaired) electrons. The molecule has 0 bridgehead atoms. The van der Waals surface area contributed by atoms with Gasteiger partial charge in [-0.15, -0.1) is 0 Å². The molecule has 3 nitrogen and oxygen atoms in total. The van der Waals surface area contributed by atoms with Gasteiger partial charge in [0.1, 0.15) is 0 Å². The lowest BCUT2D eigenvalue weighted by molar-refractivity contribution is 0.101. The topological polar surface area (TPSA) is 45.8 Å². The van der Waals surface area contributed by atoms with Gasteiger partial charge in [-0.2, -0.15) is 0 Å². The Morgan fingerprint density at radius 2 is 2.19 bits per heavy atom. The van der Waals surface area contributed by atoms with Gasteiger partial charge in [-0.1, -0.05) is 18.2 Å². The zero-order valence-electron chi connectivity index (χ0n) is 8.82. The second kappa shape index (κ2) is 3.17. The molecule has 3 heteroatoms. The van der Waals surface area contributed by atoms with Crippen molar-refractivity contribution in [3.63, 3.8) is 0 Å². The standard InChI is InChI=1S/C13H10N2O/c1-8(16)11-7-15-13-10(11)5-4-9-3-2-6-14-12(9)13/h2-7,14H,1H3. The number of carbonyl (C=O) groups excluding carboxylic acids is 1. The molecule has 0 saturated carbocycles. The van der Waals surface area contributed by atoms with Crippen LogP contribution in [0.4, 0.5) is 0 Å². The summed E-state index contributed by atoms with van der Waals surface area (Å²) < 4.78 is 0. The number of ketones is 1. The van der Waals surface area contributed by atoms with Crippen LogP contribution in [0.2, 0.25) is 0 Å². The van der Waals surface area contributed by atoms with Gasteiger partial charge in [-0.3, -0.25) is 9.78 Å². The third-order valence-corrected chi connectivity index (χ3v) is 2.80. The number of carbonyl (C=O) groups is 1. The van der Waals surface area contributed by atoms with E-state index in [1.165, 1.54) is 0 Å². The van der Waals surface area contributed by atoms with Crippen molar-refractivity contribution in [1.29, 1.82) is 0 Å². The lowest BCUT2D eigenvalue weighted by Crippen LogP contribution is -1.88. The Kier molecular flexibility index (Phi) is 1.80. The molecule has 2 aromatic heterocycles. The molecule has 0 amide bonds. The van der Waals surface area contributed by atoms with Crippen molar-refractivity contribution >= 4 is 27.6 Å². The van der Waals surface area contributed by atoms with Gasteiger partial charge < -0.3 is 4.98 Å². The third-order valence-electron chi connectivity index (χ3n) is 2.80. The number of nitrogens with zero attached hydrogens (tertiary/aromatic N) is 1. The highest BCUT2D eigenvalue weighted by molar-refractivity contribution is 6.13. The van der Waals surface area contributed by atoms with E-state index in [0.717, 1.165) is 21.8 Å². The summed E-state index contributed by atoms with van der Waals surface area (Å²) in [5, 5.41) is 2.02. The molecule has 2 heterocycles. The van der Waals surface area contributed by atoms with E-state index in [9.17, 15) is 4.79 Å². The van der Waals surface area contributed by atoms with Gasteiger partial charge in [0.15, 0.2) is 5.78 Å². The fourth-order valence-corrected chi connectivity index (χ4v) is 2.01. The van der Waals surface area contributed by atoms with E-state index in [-0.39, 0.29) is 5.78 Å². The van der Waals surface area contributed by atoms with Crippen molar-refractivity contribution in [2.45, 2.75) is 6.92 Å². The van der Waals surface area contributed by atoms with Crippen molar-refractivity contribution < 1.29 is 4.79 Å². The summed E-state index contributed by atoms with van der Waals surface area (Å²) in [4.78, 5) is 18.9. The summed E-state index contributed by atoms with van der Waals surface area (Å²) in [6, 6.07) is 7.92. The Balaban J connectivity index is 2.49. The van der Waals surface area contributed by atoms with Crippen LogP contribution in [0.5, 0.6) is 0 Å². The number of nitrogens with one attached hydrogen (secondary N) is 1. The lowest BCUT2D eigenvalue weighted by atomic mass is 10.1. The molecular formula is C13H10N2O. The summed E-state index contributed by atoms with van der Waals surface area (Å²) in [7, 11) is 0. The van der Waals surface area contributed by atoms with Gasteiger partial charge in [0, 0.05) is 28.7 Å². The molecule has 1 N–H and O–H groups in total. The number of pyridine rings is 1. The van der Waals surface area contributed by atoms with Crippen LogP contribution >= 0.6 is 0 Å². The monoisotopic (exact) mass is 210 g/mol. The van der Waals surface area contributed by atoms with Gasteiger partial charge in [0.25, 0.3) is 0 Å². The van der Waals surface area contributed by atoms with E-state index in [1.54, 1.807) is 13.1 Å². The van der Waals surface area contributed by atoms with Crippen LogP contribution in [0.15, 0.2) is 36.7 Å². The van der Waals surface area contributed by atoms with Gasteiger partial charge in [0.2, 0.25) is 0 Å². The first-order chi connectivity index (χ1) is 7.77. The van der Waals surface area contributed by atoms with E-state index in [1.807, 2.05) is 30.5 Å². The molecule has 0 spiro atoms. The Morgan fingerprint density at radius 1 is 1.31 bits per heavy atom. The first-order valence-corrected chi connectivity index (χ1v) is 5.13. The first-order valence-electron chi connectivity index (χ1n) is 5.13. The molecule has 0 saturated heterocycles. The normalized spacial score (nSPS) is 11.1. The highest BCUT2D eigenvalue weighted by Crippen LogP contribution is 2.25. The third kappa shape index (κ3) is 1.15. The zero-order valence-corrected chi connectivity index (χ0v) is 8.82. The van der Waals surface area contributed by atoms with Crippen molar-refractivity contribution in [1.82, 2.24) is 9.97 Å². The number of rotatable bonds is 1. The fourth-order valence-electron chi connectivity index (χ4n) is 2.01.